The van der Waals surface area contributed by atoms with Gasteiger partial charge in [-0.2, -0.15) is 13.2 Å². The van der Waals surface area contributed by atoms with E-state index in [4.69, 9.17) is 26.2 Å². The third-order valence-electron chi connectivity index (χ3n) is 3.09. The van der Waals surface area contributed by atoms with Crippen LogP contribution >= 0.6 is 11.6 Å². The van der Waals surface area contributed by atoms with Crippen LogP contribution in [0, 0.1) is 5.92 Å². The van der Waals surface area contributed by atoms with Crippen LogP contribution in [0.5, 0.6) is 11.5 Å². The molecule has 10 heteroatoms. The molecule has 1 aromatic carbocycles. The lowest BCUT2D eigenvalue weighted by atomic mass is 10.1. The molecule has 146 valence electrons. The quantitative estimate of drug-likeness (QED) is 0.701. The van der Waals surface area contributed by atoms with Crippen LogP contribution in [-0.4, -0.2) is 42.9 Å². The van der Waals surface area contributed by atoms with E-state index >= 15 is 0 Å². The van der Waals surface area contributed by atoms with Crippen LogP contribution in [0.3, 0.4) is 0 Å². The monoisotopic (exact) mass is 397 g/mol. The highest BCUT2D eigenvalue weighted by atomic mass is 35.5. The fourth-order valence-corrected chi connectivity index (χ4v) is 2.18. The van der Waals surface area contributed by atoms with Gasteiger partial charge in [-0.3, -0.25) is 4.79 Å². The van der Waals surface area contributed by atoms with Crippen molar-refractivity contribution in [2.45, 2.75) is 32.5 Å². The Morgan fingerprint density at radius 3 is 2.38 bits per heavy atom. The molecule has 1 atom stereocenters. The molecule has 0 aromatic heterocycles. The number of nitrogens with one attached hydrogen (secondary N) is 1. The number of alkyl halides is 3. The van der Waals surface area contributed by atoms with E-state index < -0.39 is 30.5 Å². The first-order valence-electron chi connectivity index (χ1n) is 7.55. The predicted octanol–water partition coefficient (Wildman–Crippen LogP) is 3.52. The lowest BCUT2D eigenvalue weighted by Crippen LogP contribution is -2.43. The smallest absolute Gasteiger partial charge is 0.391 e. The van der Waals surface area contributed by atoms with Gasteiger partial charge >= 0.3 is 12.1 Å². The maximum atomic E-state index is 12.4. The fourth-order valence-electron chi connectivity index (χ4n) is 1.91. The zero-order chi connectivity index (χ0) is 20.1. The van der Waals surface area contributed by atoms with Gasteiger partial charge in [0.2, 0.25) is 0 Å². The zero-order valence-corrected chi connectivity index (χ0v) is 15.1. The number of aliphatic carboxylic acids is 1. The van der Waals surface area contributed by atoms with Crippen molar-refractivity contribution in [3.8, 4) is 11.5 Å². The SMILES string of the molecule is COc1cc(C(=O)NC(CC(F)(F)F)C(=O)O)cc(Cl)c1OCC(C)C. The number of hydrogen-bond donors (Lipinski definition) is 2. The number of rotatable bonds is 8. The third-order valence-corrected chi connectivity index (χ3v) is 3.37. The van der Waals surface area contributed by atoms with Crippen LogP contribution in [0.2, 0.25) is 5.02 Å². The number of carbonyl (C=O) groups is 2. The highest BCUT2D eigenvalue weighted by Crippen LogP contribution is 2.36. The van der Waals surface area contributed by atoms with E-state index in [0.717, 1.165) is 0 Å². The van der Waals surface area contributed by atoms with Crippen molar-refractivity contribution in [2.24, 2.45) is 5.92 Å². The molecule has 0 saturated heterocycles. The zero-order valence-electron chi connectivity index (χ0n) is 14.3. The average molecular weight is 398 g/mol. The van der Waals surface area contributed by atoms with Crippen molar-refractivity contribution < 1.29 is 37.3 Å². The number of halogens is 4. The maximum Gasteiger partial charge on any atom is 0.391 e. The molecule has 0 radical (unpaired) electrons. The highest BCUT2D eigenvalue weighted by molar-refractivity contribution is 6.32. The molecule has 0 spiro atoms. The molecule has 0 aliphatic carbocycles. The lowest BCUT2D eigenvalue weighted by Gasteiger charge is -2.18. The lowest BCUT2D eigenvalue weighted by molar-refractivity contribution is -0.157. The molecular formula is C16H19ClF3NO5. The summed E-state index contributed by atoms with van der Waals surface area (Å²) in [6, 6.07) is 0.259. The van der Waals surface area contributed by atoms with Crippen molar-refractivity contribution in [2.75, 3.05) is 13.7 Å². The molecule has 0 fully saturated rings. The topological polar surface area (TPSA) is 84.9 Å². The van der Waals surface area contributed by atoms with Crippen LogP contribution in [0.4, 0.5) is 13.2 Å². The number of carbonyl (C=O) groups excluding carboxylic acids is 1. The minimum Gasteiger partial charge on any atom is -0.493 e. The Morgan fingerprint density at radius 1 is 1.31 bits per heavy atom. The van der Waals surface area contributed by atoms with Gasteiger partial charge in [0.25, 0.3) is 5.91 Å². The molecule has 1 amide bonds. The third kappa shape index (κ3) is 6.62. The van der Waals surface area contributed by atoms with Gasteiger partial charge in [0.1, 0.15) is 6.04 Å². The van der Waals surface area contributed by atoms with Gasteiger partial charge < -0.3 is 19.9 Å². The Morgan fingerprint density at radius 2 is 1.92 bits per heavy atom. The number of carboxylic acids is 1. The van der Waals surface area contributed by atoms with Crippen molar-refractivity contribution in [1.82, 2.24) is 5.32 Å². The molecule has 0 aliphatic heterocycles. The Labute approximate surface area is 153 Å². The number of amides is 1. The molecule has 26 heavy (non-hydrogen) atoms. The van der Waals surface area contributed by atoms with Gasteiger partial charge in [-0.25, -0.2) is 4.79 Å². The van der Waals surface area contributed by atoms with E-state index in [1.165, 1.54) is 19.2 Å². The first-order chi connectivity index (χ1) is 11.9. The van der Waals surface area contributed by atoms with Gasteiger partial charge in [-0.05, 0) is 18.1 Å². The summed E-state index contributed by atoms with van der Waals surface area (Å²) in [5.41, 5.74) is -0.155. The van der Waals surface area contributed by atoms with E-state index in [2.05, 4.69) is 0 Å². The van der Waals surface area contributed by atoms with Crippen molar-refractivity contribution in [3.05, 3.63) is 22.7 Å². The summed E-state index contributed by atoms with van der Waals surface area (Å²) in [5, 5.41) is 10.7. The van der Waals surface area contributed by atoms with Gasteiger partial charge in [0.05, 0.1) is 25.2 Å². The Balaban J connectivity index is 3.05. The van der Waals surface area contributed by atoms with Crippen LogP contribution in [0.25, 0.3) is 0 Å². The summed E-state index contributed by atoms with van der Waals surface area (Å²) < 4.78 is 47.9. The number of hydrogen-bond acceptors (Lipinski definition) is 4. The van der Waals surface area contributed by atoms with Crippen LogP contribution < -0.4 is 14.8 Å². The molecule has 1 unspecified atom stereocenters. The molecular weight excluding hydrogens is 379 g/mol. The molecule has 0 heterocycles. The van der Waals surface area contributed by atoms with E-state index in [1.807, 2.05) is 19.2 Å². The van der Waals surface area contributed by atoms with Crippen LogP contribution in [0.15, 0.2) is 12.1 Å². The maximum absolute atomic E-state index is 12.4. The molecule has 0 bridgehead atoms. The number of benzene rings is 1. The van der Waals surface area contributed by atoms with E-state index in [0.29, 0.717) is 6.61 Å². The van der Waals surface area contributed by atoms with Crippen LogP contribution in [0.1, 0.15) is 30.6 Å². The van der Waals surface area contributed by atoms with Gasteiger partial charge in [-0.1, -0.05) is 25.4 Å². The second-order valence-corrected chi connectivity index (χ2v) is 6.29. The summed E-state index contributed by atoms with van der Waals surface area (Å²) in [6.45, 7) is 4.15. The van der Waals surface area contributed by atoms with E-state index in [-0.39, 0.29) is 28.0 Å². The molecule has 0 saturated carbocycles. The first-order valence-corrected chi connectivity index (χ1v) is 7.93. The number of ether oxygens (including phenoxy) is 2. The standard InChI is InChI=1S/C16H19ClF3NO5/c1-8(2)7-26-13-10(17)4-9(5-12(13)25-3)14(22)21-11(15(23)24)6-16(18,19)20/h4-5,8,11H,6-7H2,1-3H3,(H,21,22)(H,23,24). The van der Waals surface area contributed by atoms with Crippen LogP contribution in [-0.2, 0) is 4.79 Å². The van der Waals surface area contributed by atoms with Gasteiger partial charge in [0, 0.05) is 5.56 Å². The Bertz CT molecular complexity index is 664. The molecule has 6 nitrogen and oxygen atoms in total. The summed E-state index contributed by atoms with van der Waals surface area (Å²) in [7, 11) is 1.30. The van der Waals surface area contributed by atoms with Gasteiger partial charge in [0.15, 0.2) is 11.5 Å². The molecule has 0 aliphatic rings. The summed E-state index contributed by atoms with van der Waals surface area (Å²) >= 11 is 6.07. The largest absolute Gasteiger partial charge is 0.493 e. The Kier molecular flexibility index (Phi) is 7.55. The number of methoxy groups -OCH3 is 1. The fraction of sp³-hybridized carbons (Fsp3) is 0.500. The van der Waals surface area contributed by atoms with Gasteiger partial charge in [-0.15, -0.1) is 0 Å². The minimum atomic E-state index is -4.75. The highest BCUT2D eigenvalue weighted by Gasteiger charge is 2.36. The molecule has 2 N–H and O–H groups in total. The van der Waals surface area contributed by atoms with Crippen molar-refractivity contribution in [1.29, 1.82) is 0 Å². The second-order valence-electron chi connectivity index (χ2n) is 5.88. The van der Waals surface area contributed by atoms with E-state index in [9.17, 15) is 22.8 Å². The second kappa shape index (κ2) is 8.98. The molecule has 1 rings (SSSR count). The average Bonchev–Trinajstić information content (AvgIpc) is 2.50. The van der Waals surface area contributed by atoms with Crippen molar-refractivity contribution >= 4 is 23.5 Å². The summed E-state index contributed by atoms with van der Waals surface area (Å²) in [5.74, 6) is -2.35. The van der Waals surface area contributed by atoms with E-state index in [1.54, 1.807) is 0 Å². The first kappa shape index (κ1) is 21.9. The summed E-state index contributed by atoms with van der Waals surface area (Å²) in [4.78, 5) is 23.1. The molecule has 1 aromatic rings. The van der Waals surface area contributed by atoms with Crippen molar-refractivity contribution in [3.63, 3.8) is 0 Å². The minimum absolute atomic E-state index is 0.0119. The normalized spacial score (nSPS) is 12.6. The predicted molar refractivity (Wildman–Crippen MR) is 87.9 cm³/mol. The Hall–Kier alpha value is -2.16. The number of carboxylic acid groups (broad SMARTS) is 1. The summed E-state index contributed by atoms with van der Waals surface area (Å²) in [6.07, 6.45) is -6.45.